The van der Waals surface area contributed by atoms with Crippen molar-refractivity contribution in [3.63, 3.8) is 0 Å². The standard InChI is InChI=1S/C24H25ClFN3O4/c1-14(27-18-11-16(25)10-17(26)12-18)19-8-15(24(31)28(2)3)9-20-21(30)13-22(33-23(19)20)29-4-6-32-7-5-29/h8-14,27H,4-7H2,1-3H3/t14-/m0/s1. The Morgan fingerprint density at radius 2 is 1.88 bits per heavy atom. The molecule has 0 unspecified atom stereocenters. The van der Waals surface area contributed by atoms with Crippen molar-refractivity contribution >= 4 is 40.0 Å². The predicted molar refractivity (Wildman–Crippen MR) is 127 cm³/mol. The van der Waals surface area contributed by atoms with E-state index < -0.39 is 11.9 Å². The number of rotatable bonds is 5. The van der Waals surface area contributed by atoms with Gasteiger partial charge in [-0.25, -0.2) is 4.39 Å². The Labute approximate surface area is 195 Å². The maximum Gasteiger partial charge on any atom is 0.253 e. The van der Waals surface area contributed by atoms with Gasteiger partial charge in [-0.2, -0.15) is 0 Å². The highest BCUT2D eigenvalue weighted by Gasteiger charge is 2.22. The molecule has 174 valence electrons. The molecule has 2 heterocycles. The minimum atomic E-state index is -0.472. The molecule has 1 aromatic heterocycles. The molecule has 33 heavy (non-hydrogen) atoms. The predicted octanol–water partition coefficient (Wildman–Crippen LogP) is 4.30. The van der Waals surface area contributed by atoms with Gasteiger partial charge < -0.3 is 24.3 Å². The molecule has 1 saturated heterocycles. The number of hydrogen-bond acceptors (Lipinski definition) is 6. The Hall–Kier alpha value is -3.10. The molecule has 1 aliphatic heterocycles. The fourth-order valence-corrected chi connectivity index (χ4v) is 4.10. The molecule has 9 heteroatoms. The summed E-state index contributed by atoms with van der Waals surface area (Å²) >= 11 is 6.00. The van der Waals surface area contributed by atoms with Gasteiger partial charge >= 0.3 is 0 Å². The molecular formula is C24H25ClFN3O4. The van der Waals surface area contributed by atoms with Crippen LogP contribution in [0.5, 0.6) is 0 Å². The molecule has 0 radical (unpaired) electrons. The summed E-state index contributed by atoms with van der Waals surface area (Å²) in [6, 6.07) is 8.44. The lowest BCUT2D eigenvalue weighted by Crippen LogP contribution is -2.36. The molecular weight excluding hydrogens is 449 g/mol. The summed E-state index contributed by atoms with van der Waals surface area (Å²) in [4.78, 5) is 29.2. The Kier molecular flexibility index (Phi) is 6.58. The van der Waals surface area contributed by atoms with Gasteiger partial charge in [0.1, 0.15) is 11.4 Å². The average Bonchev–Trinajstić information content (AvgIpc) is 2.77. The number of nitrogens with zero attached hydrogens (tertiary/aromatic N) is 2. The fourth-order valence-electron chi connectivity index (χ4n) is 3.88. The molecule has 2 aromatic carbocycles. The van der Waals surface area contributed by atoms with Gasteiger partial charge in [0.2, 0.25) is 0 Å². The molecule has 4 rings (SSSR count). The van der Waals surface area contributed by atoms with Gasteiger partial charge in [-0.15, -0.1) is 0 Å². The first-order valence-corrected chi connectivity index (χ1v) is 11.0. The Bertz CT molecular complexity index is 1230. The molecule has 0 aliphatic carbocycles. The van der Waals surface area contributed by atoms with Crippen molar-refractivity contribution in [1.29, 1.82) is 0 Å². The second kappa shape index (κ2) is 9.41. The number of carbonyl (C=O) groups excluding carboxylic acids is 1. The second-order valence-corrected chi connectivity index (χ2v) is 8.65. The number of carbonyl (C=O) groups is 1. The summed E-state index contributed by atoms with van der Waals surface area (Å²) in [5.74, 6) is -0.264. The SMILES string of the molecule is C[C@H](Nc1cc(F)cc(Cl)c1)c1cc(C(=O)N(C)C)cc2c(=O)cc(N3CCOCC3)oc12. The largest absolute Gasteiger partial charge is 0.440 e. The van der Waals surface area contributed by atoms with Gasteiger partial charge in [0.25, 0.3) is 5.91 Å². The van der Waals surface area contributed by atoms with Crippen molar-refractivity contribution in [1.82, 2.24) is 4.90 Å². The van der Waals surface area contributed by atoms with Crippen LogP contribution in [0.2, 0.25) is 5.02 Å². The van der Waals surface area contributed by atoms with Crippen molar-refractivity contribution in [2.75, 3.05) is 50.6 Å². The summed E-state index contributed by atoms with van der Waals surface area (Å²) < 4.78 is 25.5. The summed E-state index contributed by atoms with van der Waals surface area (Å²) in [7, 11) is 3.29. The number of anilines is 2. The van der Waals surface area contributed by atoms with E-state index in [9.17, 15) is 14.0 Å². The van der Waals surface area contributed by atoms with Crippen LogP contribution in [-0.4, -0.2) is 51.2 Å². The number of benzene rings is 2. The van der Waals surface area contributed by atoms with Crippen molar-refractivity contribution in [2.45, 2.75) is 13.0 Å². The van der Waals surface area contributed by atoms with Crippen LogP contribution < -0.4 is 15.6 Å². The van der Waals surface area contributed by atoms with E-state index in [1.807, 2.05) is 11.8 Å². The van der Waals surface area contributed by atoms with Crippen molar-refractivity contribution < 1.29 is 18.3 Å². The summed E-state index contributed by atoms with van der Waals surface area (Å²) in [6.45, 7) is 4.15. The number of amides is 1. The van der Waals surface area contributed by atoms with Gasteiger partial charge in [-0.05, 0) is 37.3 Å². The molecule has 7 nitrogen and oxygen atoms in total. The van der Waals surface area contributed by atoms with E-state index >= 15 is 0 Å². The number of hydrogen-bond donors (Lipinski definition) is 1. The topological polar surface area (TPSA) is 75.0 Å². The third-order valence-electron chi connectivity index (χ3n) is 5.53. The van der Waals surface area contributed by atoms with E-state index in [1.165, 1.54) is 23.1 Å². The first-order valence-electron chi connectivity index (χ1n) is 10.6. The molecule has 1 atom stereocenters. The minimum Gasteiger partial charge on any atom is -0.440 e. The number of fused-ring (bicyclic) bond motifs is 1. The quantitative estimate of drug-likeness (QED) is 0.595. The zero-order valence-corrected chi connectivity index (χ0v) is 19.4. The number of ether oxygens (including phenoxy) is 1. The molecule has 0 saturated carbocycles. The number of morpholine rings is 1. The highest BCUT2D eigenvalue weighted by atomic mass is 35.5. The fraction of sp³-hybridized carbons (Fsp3) is 0.333. The van der Waals surface area contributed by atoms with E-state index in [4.69, 9.17) is 20.8 Å². The highest BCUT2D eigenvalue weighted by molar-refractivity contribution is 6.30. The lowest BCUT2D eigenvalue weighted by molar-refractivity contribution is 0.0827. The average molecular weight is 474 g/mol. The molecule has 0 spiro atoms. The zero-order chi connectivity index (χ0) is 23.7. The van der Waals surface area contributed by atoms with Gasteiger partial charge in [0.15, 0.2) is 11.3 Å². The maximum atomic E-state index is 13.9. The van der Waals surface area contributed by atoms with E-state index in [1.54, 1.807) is 32.3 Å². The second-order valence-electron chi connectivity index (χ2n) is 8.21. The summed E-state index contributed by atoms with van der Waals surface area (Å²) in [5, 5.41) is 3.76. The van der Waals surface area contributed by atoms with Crippen LogP contribution >= 0.6 is 11.6 Å². The summed E-state index contributed by atoms with van der Waals surface area (Å²) in [5.41, 5.74) is 1.57. The molecule has 1 aliphatic rings. The summed E-state index contributed by atoms with van der Waals surface area (Å²) in [6.07, 6.45) is 0. The van der Waals surface area contributed by atoms with E-state index in [2.05, 4.69) is 5.32 Å². The van der Waals surface area contributed by atoms with Crippen LogP contribution in [0, 0.1) is 5.82 Å². The molecule has 0 bridgehead atoms. The van der Waals surface area contributed by atoms with Gasteiger partial charge in [-0.1, -0.05) is 11.6 Å². The van der Waals surface area contributed by atoms with Crippen LogP contribution in [-0.2, 0) is 4.74 Å². The van der Waals surface area contributed by atoms with Crippen molar-refractivity contribution in [3.8, 4) is 0 Å². The molecule has 1 amide bonds. The third kappa shape index (κ3) is 4.96. The van der Waals surface area contributed by atoms with Crippen LogP contribution in [0.15, 0.2) is 45.6 Å². The van der Waals surface area contributed by atoms with Crippen LogP contribution in [0.3, 0.4) is 0 Å². The molecule has 1 fully saturated rings. The normalized spacial score (nSPS) is 14.9. The van der Waals surface area contributed by atoms with E-state index in [0.29, 0.717) is 60.0 Å². The molecule has 1 N–H and O–H groups in total. The third-order valence-corrected chi connectivity index (χ3v) is 5.75. The Morgan fingerprint density at radius 1 is 1.15 bits per heavy atom. The smallest absolute Gasteiger partial charge is 0.253 e. The van der Waals surface area contributed by atoms with Gasteiger partial charge in [0.05, 0.1) is 24.6 Å². The lowest BCUT2D eigenvalue weighted by Gasteiger charge is -2.27. The Balaban J connectivity index is 1.85. The minimum absolute atomic E-state index is 0.240. The van der Waals surface area contributed by atoms with E-state index in [-0.39, 0.29) is 16.4 Å². The van der Waals surface area contributed by atoms with Crippen molar-refractivity contribution in [2.24, 2.45) is 0 Å². The van der Waals surface area contributed by atoms with Crippen LogP contribution in [0.4, 0.5) is 16.0 Å². The number of nitrogens with one attached hydrogen (secondary N) is 1. The van der Waals surface area contributed by atoms with Gasteiger partial charge in [0, 0.05) is 55.1 Å². The van der Waals surface area contributed by atoms with Crippen molar-refractivity contribution in [3.05, 3.63) is 68.6 Å². The lowest BCUT2D eigenvalue weighted by atomic mass is 10.00. The first-order chi connectivity index (χ1) is 15.7. The first kappa shape index (κ1) is 23.1. The number of halogens is 2. The zero-order valence-electron chi connectivity index (χ0n) is 18.7. The molecule has 3 aromatic rings. The van der Waals surface area contributed by atoms with Crippen LogP contribution in [0.1, 0.15) is 28.9 Å². The Morgan fingerprint density at radius 3 is 2.55 bits per heavy atom. The monoisotopic (exact) mass is 473 g/mol. The van der Waals surface area contributed by atoms with E-state index in [0.717, 1.165) is 0 Å². The van der Waals surface area contributed by atoms with Crippen LogP contribution in [0.25, 0.3) is 11.0 Å². The maximum absolute atomic E-state index is 13.9. The highest BCUT2D eigenvalue weighted by Crippen LogP contribution is 2.31. The van der Waals surface area contributed by atoms with Gasteiger partial charge in [-0.3, -0.25) is 9.59 Å².